The molecule has 0 fully saturated rings. The molecule has 1 N–H and O–H groups in total. The molecule has 0 aliphatic rings. The lowest BCUT2D eigenvalue weighted by atomic mass is 10.4. The Morgan fingerprint density at radius 2 is 2.38 bits per heavy atom. The van der Waals surface area contributed by atoms with Gasteiger partial charge in [-0.05, 0) is 18.4 Å². The van der Waals surface area contributed by atoms with Gasteiger partial charge in [0.1, 0.15) is 0 Å². The van der Waals surface area contributed by atoms with Gasteiger partial charge < -0.3 is 5.32 Å². The van der Waals surface area contributed by atoms with Crippen LogP contribution in [0, 0.1) is 6.92 Å². The second-order valence-electron chi connectivity index (χ2n) is 2.72. The summed E-state index contributed by atoms with van der Waals surface area (Å²) in [6, 6.07) is 2.07. The van der Waals surface area contributed by atoms with Crippen molar-refractivity contribution in [3.05, 3.63) is 32.9 Å². The Morgan fingerprint density at radius 1 is 1.46 bits per heavy atom. The molecule has 0 amide bonds. The smallest absolute Gasteiger partial charge is 0.0898 e. The van der Waals surface area contributed by atoms with E-state index < -0.39 is 0 Å². The zero-order valence-electron chi connectivity index (χ0n) is 7.28. The molecule has 2 aromatic heterocycles. The monoisotopic (exact) mass is 210 g/mol. The third kappa shape index (κ3) is 2.29. The van der Waals surface area contributed by atoms with Gasteiger partial charge >= 0.3 is 0 Å². The van der Waals surface area contributed by atoms with Gasteiger partial charge in [-0.15, -0.1) is 11.3 Å². The quantitative estimate of drug-likeness (QED) is 0.842. The van der Waals surface area contributed by atoms with E-state index in [0.29, 0.717) is 0 Å². The molecule has 68 valence electrons. The number of hydrogen-bond acceptors (Lipinski definition) is 4. The van der Waals surface area contributed by atoms with E-state index in [0.717, 1.165) is 17.2 Å². The van der Waals surface area contributed by atoms with Gasteiger partial charge in [-0.1, -0.05) is 0 Å². The molecule has 2 nitrogen and oxygen atoms in total. The van der Waals surface area contributed by atoms with Crippen LogP contribution in [0.2, 0.25) is 0 Å². The maximum Gasteiger partial charge on any atom is 0.0898 e. The molecule has 0 spiro atoms. The fraction of sp³-hybridized carbons (Fsp3) is 0.222. The fourth-order valence-electron chi connectivity index (χ4n) is 1.05. The van der Waals surface area contributed by atoms with Crippen molar-refractivity contribution in [3.63, 3.8) is 0 Å². The Bertz CT molecular complexity index is 365. The summed E-state index contributed by atoms with van der Waals surface area (Å²) in [6.45, 7) is 2.85. The number of nitrogens with one attached hydrogen (secondary N) is 1. The molecular formula is C9H10N2S2. The molecule has 0 aliphatic carbocycles. The largest absolute Gasteiger partial charge is 0.379 e. The highest BCUT2D eigenvalue weighted by Crippen LogP contribution is 2.14. The van der Waals surface area contributed by atoms with Crippen molar-refractivity contribution in [1.29, 1.82) is 0 Å². The highest BCUT2D eigenvalue weighted by molar-refractivity contribution is 7.09. The molecule has 0 bridgehead atoms. The Balaban J connectivity index is 1.93. The molecule has 0 radical (unpaired) electrons. The van der Waals surface area contributed by atoms with Crippen molar-refractivity contribution in [2.24, 2.45) is 0 Å². The summed E-state index contributed by atoms with van der Waals surface area (Å²) in [6.07, 6.45) is 0. The van der Waals surface area contributed by atoms with E-state index in [1.807, 2.05) is 6.92 Å². The van der Waals surface area contributed by atoms with Crippen LogP contribution in [-0.2, 0) is 6.54 Å². The molecule has 4 heteroatoms. The molecule has 2 heterocycles. The van der Waals surface area contributed by atoms with Crippen LogP contribution in [0.4, 0.5) is 5.69 Å². The highest BCUT2D eigenvalue weighted by Gasteiger charge is 1.97. The molecular weight excluding hydrogens is 200 g/mol. The topological polar surface area (TPSA) is 24.9 Å². The van der Waals surface area contributed by atoms with Crippen LogP contribution in [0.25, 0.3) is 0 Å². The van der Waals surface area contributed by atoms with Crippen LogP contribution in [0.1, 0.15) is 10.7 Å². The predicted molar refractivity (Wildman–Crippen MR) is 58.5 cm³/mol. The summed E-state index contributed by atoms with van der Waals surface area (Å²) in [4.78, 5) is 4.37. The Hall–Kier alpha value is -0.870. The van der Waals surface area contributed by atoms with Crippen molar-refractivity contribution >= 4 is 28.4 Å². The van der Waals surface area contributed by atoms with Gasteiger partial charge in [-0.25, -0.2) is 4.98 Å². The summed E-state index contributed by atoms with van der Waals surface area (Å²) in [5.41, 5.74) is 2.30. The number of thiophene rings is 1. The minimum atomic E-state index is 0.821. The third-order valence-corrected chi connectivity index (χ3v) is 3.17. The van der Waals surface area contributed by atoms with Gasteiger partial charge in [-0.3, -0.25) is 0 Å². The van der Waals surface area contributed by atoms with E-state index in [1.54, 1.807) is 22.7 Å². The maximum absolute atomic E-state index is 4.37. The number of nitrogens with zero attached hydrogens (tertiary/aromatic N) is 1. The van der Waals surface area contributed by atoms with Gasteiger partial charge in [0, 0.05) is 16.4 Å². The number of thiazole rings is 1. The molecule has 0 unspecified atom stereocenters. The van der Waals surface area contributed by atoms with E-state index in [-0.39, 0.29) is 0 Å². The fourth-order valence-corrected chi connectivity index (χ4v) is 2.27. The normalized spacial score (nSPS) is 10.2. The van der Waals surface area contributed by atoms with Gasteiger partial charge in [0.25, 0.3) is 0 Å². The van der Waals surface area contributed by atoms with E-state index in [4.69, 9.17) is 0 Å². The summed E-state index contributed by atoms with van der Waals surface area (Å²) >= 11 is 3.39. The first-order valence-electron chi connectivity index (χ1n) is 4.01. The van der Waals surface area contributed by atoms with Gasteiger partial charge in [0.2, 0.25) is 0 Å². The number of rotatable bonds is 3. The van der Waals surface area contributed by atoms with Gasteiger partial charge in [0.05, 0.1) is 17.2 Å². The zero-order valence-corrected chi connectivity index (χ0v) is 8.91. The Morgan fingerprint density at radius 3 is 3.00 bits per heavy atom. The second-order valence-corrected chi connectivity index (χ2v) is 4.57. The van der Waals surface area contributed by atoms with Crippen LogP contribution < -0.4 is 5.32 Å². The molecule has 0 aromatic carbocycles. The second kappa shape index (κ2) is 3.89. The number of anilines is 1. The van der Waals surface area contributed by atoms with Gasteiger partial charge in [0.15, 0.2) is 0 Å². The van der Waals surface area contributed by atoms with Crippen LogP contribution >= 0.6 is 22.7 Å². The maximum atomic E-state index is 4.37. The summed E-state index contributed by atoms with van der Waals surface area (Å²) in [7, 11) is 0. The zero-order chi connectivity index (χ0) is 9.10. The average molecular weight is 210 g/mol. The third-order valence-electron chi connectivity index (χ3n) is 1.66. The van der Waals surface area contributed by atoms with Crippen molar-refractivity contribution in [2.75, 3.05) is 5.32 Å². The molecule has 0 atom stereocenters. The Kier molecular flexibility index (Phi) is 2.61. The highest BCUT2D eigenvalue weighted by atomic mass is 32.1. The summed E-state index contributed by atoms with van der Waals surface area (Å²) in [5.74, 6) is 0. The van der Waals surface area contributed by atoms with E-state index in [1.165, 1.54) is 5.69 Å². The van der Waals surface area contributed by atoms with Crippen LogP contribution in [0.5, 0.6) is 0 Å². The first-order chi connectivity index (χ1) is 6.34. The predicted octanol–water partition coefficient (Wildman–Crippen LogP) is 3.13. The van der Waals surface area contributed by atoms with Crippen LogP contribution in [-0.4, -0.2) is 4.98 Å². The SMILES string of the molecule is Cc1nc(CNc2ccsc2)cs1. The van der Waals surface area contributed by atoms with Crippen LogP contribution in [0.15, 0.2) is 22.2 Å². The molecule has 2 rings (SSSR count). The van der Waals surface area contributed by atoms with Crippen molar-refractivity contribution in [2.45, 2.75) is 13.5 Å². The minimum Gasteiger partial charge on any atom is -0.379 e. The van der Waals surface area contributed by atoms with Crippen LogP contribution in [0.3, 0.4) is 0 Å². The molecule has 0 saturated heterocycles. The van der Waals surface area contributed by atoms with E-state index in [2.05, 4.69) is 32.5 Å². The van der Waals surface area contributed by atoms with Gasteiger partial charge in [-0.2, -0.15) is 11.3 Å². The Labute approximate surface area is 85.3 Å². The number of aromatic nitrogens is 1. The lowest BCUT2D eigenvalue weighted by Gasteiger charge is -1.99. The summed E-state index contributed by atoms with van der Waals surface area (Å²) in [5, 5.41) is 10.7. The van der Waals surface area contributed by atoms with Crippen molar-refractivity contribution in [1.82, 2.24) is 4.98 Å². The standard InChI is InChI=1S/C9H10N2S2/c1-7-11-9(6-13-7)4-10-8-2-3-12-5-8/h2-3,5-6,10H,4H2,1H3. The first kappa shape index (κ1) is 8.72. The molecule has 0 saturated carbocycles. The molecule has 13 heavy (non-hydrogen) atoms. The molecule has 2 aromatic rings. The first-order valence-corrected chi connectivity index (χ1v) is 5.84. The molecule has 0 aliphatic heterocycles. The lowest BCUT2D eigenvalue weighted by Crippen LogP contribution is -1.97. The minimum absolute atomic E-state index is 0.821. The number of hydrogen-bond donors (Lipinski definition) is 1. The van der Waals surface area contributed by atoms with Crippen molar-refractivity contribution in [3.8, 4) is 0 Å². The van der Waals surface area contributed by atoms with Crippen molar-refractivity contribution < 1.29 is 0 Å². The van der Waals surface area contributed by atoms with E-state index >= 15 is 0 Å². The lowest BCUT2D eigenvalue weighted by molar-refractivity contribution is 1.06. The summed E-state index contributed by atoms with van der Waals surface area (Å²) < 4.78 is 0. The number of aryl methyl sites for hydroxylation is 1. The average Bonchev–Trinajstić information content (AvgIpc) is 2.71. The van der Waals surface area contributed by atoms with E-state index in [9.17, 15) is 0 Å².